The van der Waals surface area contributed by atoms with Crippen molar-refractivity contribution in [3.63, 3.8) is 0 Å². The van der Waals surface area contributed by atoms with Gasteiger partial charge in [0.25, 0.3) is 0 Å². The Kier molecular flexibility index (Phi) is 46.2. The van der Waals surface area contributed by atoms with E-state index in [-0.39, 0.29) is 0 Å². The Morgan fingerprint density at radius 2 is 1.25 bits per heavy atom. The fraction of sp³-hybridized carbons (Fsp3) is 0. The van der Waals surface area contributed by atoms with Crippen LogP contribution in [0.5, 0.6) is 0 Å². The third kappa shape index (κ3) is 8.95. The van der Waals surface area contributed by atoms with Gasteiger partial charge < -0.3 is 0 Å². The zero-order valence-electron chi connectivity index (χ0n) is 1.65. The first kappa shape index (κ1) is 9.42. The fourth-order valence-corrected chi connectivity index (χ4v) is 0. The van der Waals surface area contributed by atoms with Crippen LogP contribution in [-0.4, -0.2) is 21.4 Å². The zero-order valence-corrected chi connectivity index (χ0v) is 8.73. The molecule has 0 nitrogen and oxygen atoms in total. The van der Waals surface area contributed by atoms with E-state index in [1.54, 1.807) is 18.8 Å². The molecule has 0 aromatic carbocycles. The van der Waals surface area contributed by atoms with Crippen LogP contribution in [0.3, 0.4) is 0 Å². The van der Waals surface area contributed by atoms with Gasteiger partial charge in [-0.25, -0.2) is 0 Å². The predicted molar refractivity (Wildman–Crippen MR) is 18.9 cm³/mol. The molecule has 0 saturated heterocycles. The average Bonchev–Trinajstić information content (AvgIpc) is 1.50. The Bertz CT molecular complexity index is 6.00. The van der Waals surface area contributed by atoms with Gasteiger partial charge in [-0.15, -0.1) is 0 Å². The van der Waals surface area contributed by atoms with Gasteiger partial charge in [-0.2, -0.15) is 0 Å². The summed E-state index contributed by atoms with van der Waals surface area (Å²) in [5.74, 6) is 0. The minimum absolute atomic E-state index is 0.822. The molecule has 0 aliphatic rings. The molecule has 0 atom stereocenters. The van der Waals surface area contributed by atoms with Crippen LogP contribution in [0.1, 0.15) is 0 Å². The Morgan fingerprint density at radius 1 is 1.25 bits per heavy atom. The summed E-state index contributed by atoms with van der Waals surface area (Å²) in [6, 6.07) is 0. The van der Waals surface area contributed by atoms with Crippen LogP contribution in [0.4, 0.5) is 0 Å². The molecular formula is HCl2PtSn. The van der Waals surface area contributed by atoms with Crippen molar-refractivity contribution in [1.29, 1.82) is 0 Å². The van der Waals surface area contributed by atoms with Gasteiger partial charge in [0.05, 0.1) is 0 Å². The zero-order chi connectivity index (χ0) is 4.00. The van der Waals surface area contributed by atoms with E-state index in [2.05, 4.69) is 9.42 Å². The van der Waals surface area contributed by atoms with Crippen LogP contribution < -0.4 is 0 Å². The van der Waals surface area contributed by atoms with Gasteiger partial charge in [0, 0.05) is 0 Å². The first-order valence-corrected chi connectivity index (χ1v) is 7.33. The molecule has 0 aromatic heterocycles. The molecule has 0 heterocycles. The van der Waals surface area contributed by atoms with Crippen molar-refractivity contribution in [3.05, 3.63) is 0 Å². The van der Waals surface area contributed by atoms with E-state index in [1.165, 1.54) is 0 Å². The maximum atomic E-state index is 4.77. The summed E-state index contributed by atoms with van der Waals surface area (Å²) in [6.45, 7) is 0. The van der Waals surface area contributed by atoms with E-state index < -0.39 is 0 Å². The second kappa shape index (κ2) is 19.6. The van der Waals surface area contributed by atoms with Gasteiger partial charge >= 0.3 is 58.5 Å². The monoisotopic (exact) mass is 386 g/mol. The predicted octanol–water partition coefficient (Wildman–Crippen LogP) is 0.728. The van der Waals surface area contributed by atoms with Crippen molar-refractivity contribution < 1.29 is 18.8 Å². The Labute approximate surface area is 57.9 Å². The SMILES string of the molecule is [Cl][Pt].[Cl][SnH]. The van der Waals surface area contributed by atoms with Crippen LogP contribution in [0.2, 0.25) is 0 Å². The Balaban J connectivity index is 0. The molecule has 0 fully saturated rings. The second-order valence-corrected chi connectivity index (χ2v) is 0. The van der Waals surface area contributed by atoms with Crippen molar-refractivity contribution in [2.75, 3.05) is 0 Å². The molecule has 4 heavy (non-hydrogen) atoms. The van der Waals surface area contributed by atoms with Crippen LogP contribution in [-0.2, 0) is 18.8 Å². The van der Waals surface area contributed by atoms with Crippen molar-refractivity contribution in [2.24, 2.45) is 0 Å². The Hall–Kier alpha value is 2.07. The van der Waals surface area contributed by atoms with Gasteiger partial charge in [-0.3, -0.25) is 0 Å². The molecule has 0 amide bonds. The number of hydrogen-bond acceptors (Lipinski definition) is 0. The van der Waals surface area contributed by atoms with E-state index >= 15 is 0 Å². The molecule has 0 rings (SSSR count). The minimum atomic E-state index is 0.822. The van der Waals surface area contributed by atoms with Crippen molar-refractivity contribution >= 4 is 39.7 Å². The molecule has 2 radical (unpaired) electrons. The second-order valence-electron chi connectivity index (χ2n) is 0. The number of hydrogen-bond donors (Lipinski definition) is 0. The summed E-state index contributed by atoms with van der Waals surface area (Å²) in [5, 5.41) is 0. The molecule has 4 heteroatoms. The summed E-state index contributed by atoms with van der Waals surface area (Å²) in [4.78, 5) is 0. The molecule has 0 unspecified atom stereocenters. The van der Waals surface area contributed by atoms with E-state index in [1.807, 2.05) is 0 Å². The van der Waals surface area contributed by atoms with Crippen molar-refractivity contribution in [3.8, 4) is 0 Å². The molecule has 0 N–H and O–H groups in total. The standard InChI is InChI=1S/2ClH.Pt.Sn.H/h2*1H;;;/q;;2*+1;/p-2. The van der Waals surface area contributed by atoms with Crippen molar-refractivity contribution in [1.82, 2.24) is 0 Å². The van der Waals surface area contributed by atoms with Crippen LogP contribution in [0.15, 0.2) is 0 Å². The summed E-state index contributed by atoms with van der Waals surface area (Å²) >= 11 is 2.43. The molecule has 0 spiro atoms. The normalized spacial score (nSPS) is 3.25. The fourth-order valence-electron chi connectivity index (χ4n) is 0. The van der Waals surface area contributed by atoms with E-state index in [0.717, 1.165) is 21.4 Å². The van der Waals surface area contributed by atoms with E-state index in [9.17, 15) is 0 Å². The van der Waals surface area contributed by atoms with Crippen LogP contribution >= 0.6 is 18.3 Å². The summed E-state index contributed by atoms with van der Waals surface area (Å²) in [7, 11) is 9.38. The molecule has 0 aromatic rings. The molecular weight excluding hydrogens is 385 g/mol. The van der Waals surface area contributed by atoms with Gasteiger partial charge in [0.2, 0.25) is 0 Å². The van der Waals surface area contributed by atoms with Gasteiger partial charge in [-0.1, -0.05) is 0 Å². The quantitative estimate of drug-likeness (QED) is 0.539. The molecule has 0 saturated carbocycles. The summed E-state index contributed by atoms with van der Waals surface area (Å²) in [5.41, 5.74) is 0. The van der Waals surface area contributed by atoms with Gasteiger partial charge in [-0.05, 0) is 0 Å². The molecule has 29 valence electrons. The summed E-state index contributed by atoms with van der Waals surface area (Å²) in [6.07, 6.45) is 0. The topological polar surface area (TPSA) is 0 Å². The average molecular weight is 386 g/mol. The van der Waals surface area contributed by atoms with Gasteiger partial charge in [0.1, 0.15) is 0 Å². The third-order valence-corrected chi connectivity index (χ3v) is 0. The number of rotatable bonds is 0. The maximum absolute atomic E-state index is 4.77. The summed E-state index contributed by atoms with van der Waals surface area (Å²) < 4.78 is 0. The van der Waals surface area contributed by atoms with Crippen LogP contribution in [0, 0.1) is 0 Å². The first-order valence-electron chi connectivity index (χ1n) is 0.338. The molecule has 0 bridgehead atoms. The Morgan fingerprint density at radius 3 is 1.25 bits per heavy atom. The first-order chi connectivity index (χ1) is 2.00. The molecule has 0 aliphatic carbocycles. The van der Waals surface area contributed by atoms with Gasteiger partial charge in [0.15, 0.2) is 0 Å². The molecule has 0 aliphatic heterocycles. The van der Waals surface area contributed by atoms with E-state index in [4.69, 9.17) is 8.92 Å². The van der Waals surface area contributed by atoms with Crippen LogP contribution in [0.25, 0.3) is 0 Å². The van der Waals surface area contributed by atoms with Crippen molar-refractivity contribution in [2.45, 2.75) is 0 Å². The van der Waals surface area contributed by atoms with E-state index in [0.29, 0.717) is 0 Å². The third-order valence-electron chi connectivity index (χ3n) is 0. The number of halogens is 2.